The first kappa shape index (κ1) is 13.6. The van der Waals surface area contributed by atoms with Crippen LogP contribution in [0.25, 0.3) is 0 Å². The topological polar surface area (TPSA) is 12.0 Å². The van der Waals surface area contributed by atoms with E-state index < -0.39 is 6.17 Å². The van der Waals surface area contributed by atoms with Crippen molar-refractivity contribution in [3.05, 3.63) is 11.6 Å². The molecule has 1 nitrogen and oxygen atoms in total. The zero-order valence-electron chi connectivity index (χ0n) is 9.94. The molecule has 0 amide bonds. The molecule has 1 aliphatic rings. The molecule has 0 bridgehead atoms. The van der Waals surface area contributed by atoms with Crippen LogP contribution in [0.3, 0.4) is 0 Å². The van der Waals surface area contributed by atoms with E-state index >= 15 is 0 Å². The molecule has 0 fully saturated rings. The molecule has 14 heavy (non-hydrogen) atoms. The highest BCUT2D eigenvalue weighted by Gasteiger charge is 2.12. The number of hydrogen-bond donors (Lipinski definition) is 1. The van der Waals surface area contributed by atoms with Crippen molar-refractivity contribution in [2.24, 2.45) is 0 Å². The molecule has 2 atom stereocenters. The monoisotopic (exact) mass is 201 g/mol. The molecule has 0 aromatic rings. The predicted molar refractivity (Wildman–Crippen MR) is 61.3 cm³/mol. The summed E-state index contributed by atoms with van der Waals surface area (Å²) in [5, 5.41) is 3.22. The number of nitrogens with one attached hydrogen (secondary N) is 1. The smallest absolute Gasteiger partial charge is 0.110 e. The summed E-state index contributed by atoms with van der Waals surface area (Å²) in [7, 11) is 0. The third-order valence-corrected chi connectivity index (χ3v) is 2.33. The van der Waals surface area contributed by atoms with Gasteiger partial charge in [0.05, 0.1) is 0 Å². The molecule has 0 aromatic carbocycles. The van der Waals surface area contributed by atoms with Crippen molar-refractivity contribution in [3.63, 3.8) is 0 Å². The highest BCUT2D eigenvalue weighted by Crippen LogP contribution is 2.17. The van der Waals surface area contributed by atoms with Crippen molar-refractivity contribution in [2.45, 2.75) is 59.2 Å². The zero-order chi connectivity index (χ0) is 11.0. The number of alkyl halides is 1. The lowest BCUT2D eigenvalue weighted by Gasteiger charge is -2.21. The largest absolute Gasteiger partial charge is 0.311 e. The number of hydrogen-bond acceptors (Lipinski definition) is 1. The molecule has 0 aromatic heterocycles. The van der Waals surface area contributed by atoms with Crippen LogP contribution in [0, 0.1) is 0 Å². The van der Waals surface area contributed by atoms with Crippen molar-refractivity contribution in [2.75, 3.05) is 6.54 Å². The molecule has 0 saturated heterocycles. The Morgan fingerprint density at radius 3 is 2.64 bits per heavy atom. The van der Waals surface area contributed by atoms with E-state index in [-0.39, 0.29) is 0 Å². The van der Waals surface area contributed by atoms with E-state index in [0.717, 1.165) is 12.8 Å². The summed E-state index contributed by atoms with van der Waals surface area (Å²) in [6.45, 7) is 8.25. The summed E-state index contributed by atoms with van der Waals surface area (Å²) >= 11 is 0. The summed E-state index contributed by atoms with van der Waals surface area (Å²) in [6, 6.07) is 0.506. The second-order valence-corrected chi connectivity index (χ2v) is 3.71. The molecule has 1 aliphatic carbocycles. The van der Waals surface area contributed by atoms with Crippen LogP contribution in [0.5, 0.6) is 0 Å². The molecule has 0 spiro atoms. The first-order valence-corrected chi connectivity index (χ1v) is 5.71. The van der Waals surface area contributed by atoms with Crippen molar-refractivity contribution in [1.29, 1.82) is 0 Å². The van der Waals surface area contributed by atoms with E-state index in [9.17, 15) is 4.39 Å². The molecule has 0 radical (unpaired) electrons. The Kier molecular flexibility index (Phi) is 7.77. The van der Waals surface area contributed by atoms with E-state index in [4.69, 9.17) is 0 Å². The summed E-state index contributed by atoms with van der Waals surface area (Å²) in [5.74, 6) is 0. The van der Waals surface area contributed by atoms with Crippen LogP contribution in [-0.2, 0) is 0 Å². The predicted octanol–water partition coefficient (Wildman–Crippen LogP) is 3.46. The Balaban J connectivity index is 0.000000791. The van der Waals surface area contributed by atoms with Crippen LogP contribution >= 0.6 is 0 Å². The van der Waals surface area contributed by atoms with Crippen LogP contribution in [0.1, 0.15) is 47.0 Å². The number of rotatable bonds is 3. The average Bonchev–Trinajstić information content (AvgIpc) is 2.20. The van der Waals surface area contributed by atoms with Gasteiger partial charge in [-0.2, -0.15) is 0 Å². The molecule has 0 aliphatic heterocycles. The average molecular weight is 201 g/mol. The standard InChI is InChI=1S/C10H18FN.C2H6/c1-8-3-5-10(6-4-8)12-7-9(2)11;1-2/h3,9-10,12H,4-7H2,1-2H3;1-2H3. The van der Waals surface area contributed by atoms with E-state index in [1.54, 1.807) is 6.92 Å². The van der Waals surface area contributed by atoms with Gasteiger partial charge in [0.25, 0.3) is 0 Å². The second-order valence-electron chi connectivity index (χ2n) is 3.71. The Labute approximate surface area is 87.8 Å². The lowest BCUT2D eigenvalue weighted by molar-refractivity contribution is 0.321. The van der Waals surface area contributed by atoms with Crippen molar-refractivity contribution < 1.29 is 4.39 Å². The highest BCUT2D eigenvalue weighted by atomic mass is 19.1. The molecule has 1 N–H and O–H groups in total. The fourth-order valence-electron chi connectivity index (χ4n) is 1.48. The van der Waals surface area contributed by atoms with Gasteiger partial charge in [-0.15, -0.1) is 0 Å². The van der Waals surface area contributed by atoms with Gasteiger partial charge < -0.3 is 5.32 Å². The van der Waals surface area contributed by atoms with Crippen molar-refractivity contribution in [3.8, 4) is 0 Å². The van der Waals surface area contributed by atoms with Gasteiger partial charge in [-0.05, 0) is 33.1 Å². The van der Waals surface area contributed by atoms with Crippen LogP contribution in [0.15, 0.2) is 11.6 Å². The van der Waals surface area contributed by atoms with Crippen molar-refractivity contribution in [1.82, 2.24) is 5.32 Å². The lowest BCUT2D eigenvalue weighted by atomic mass is 9.96. The Morgan fingerprint density at radius 2 is 2.21 bits per heavy atom. The van der Waals surface area contributed by atoms with Crippen LogP contribution in [-0.4, -0.2) is 18.8 Å². The Bertz CT molecular complexity index is 164. The van der Waals surface area contributed by atoms with E-state index in [2.05, 4.69) is 18.3 Å². The van der Waals surface area contributed by atoms with Gasteiger partial charge in [-0.25, -0.2) is 4.39 Å². The number of allylic oxidation sites excluding steroid dienone is 1. The van der Waals surface area contributed by atoms with Gasteiger partial charge in [0.2, 0.25) is 0 Å². The first-order chi connectivity index (χ1) is 6.68. The summed E-state index contributed by atoms with van der Waals surface area (Å²) in [6.07, 6.45) is 4.92. The number of halogens is 1. The third kappa shape index (κ3) is 6.14. The third-order valence-electron chi connectivity index (χ3n) is 2.33. The van der Waals surface area contributed by atoms with Gasteiger partial charge in [-0.3, -0.25) is 0 Å². The molecule has 0 saturated carbocycles. The van der Waals surface area contributed by atoms with Gasteiger partial charge in [0.1, 0.15) is 6.17 Å². The van der Waals surface area contributed by atoms with E-state index in [1.807, 2.05) is 13.8 Å². The minimum absolute atomic E-state index is 0.498. The fourth-order valence-corrected chi connectivity index (χ4v) is 1.48. The zero-order valence-corrected chi connectivity index (χ0v) is 9.94. The summed E-state index contributed by atoms with van der Waals surface area (Å²) in [5.41, 5.74) is 1.47. The maximum atomic E-state index is 12.5. The normalized spacial score (nSPS) is 23.2. The van der Waals surface area contributed by atoms with Crippen molar-refractivity contribution >= 4 is 0 Å². The molecular weight excluding hydrogens is 177 g/mol. The SMILES string of the molecule is CC.CC1=CCC(NCC(C)F)CC1. The molecule has 2 heteroatoms. The van der Waals surface area contributed by atoms with Gasteiger partial charge in [0.15, 0.2) is 0 Å². The van der Waals surface area contributed by atoms with Crippen LogP contribution < -0.4 is 5.32 Å². The molecule has 1 rings (SSSR count). The maximum absolute atomic E-state index is 12.5. The van der Waals surface area contributed by atoms with Crippen LogP contribution in [0.2, 0.25) is 0 Å². The molecule has 0 heterocycles. The quantitative estimate of drug-likeness (QED) is 0.689. The Morgan fingerprint density at radius 1 is 1.57 bits per heavy atom. The van der Waals surface area contributed by atoms with E-state index in [1.165, 1.54) is 12.0 Å². The molecular formula is C12H24FN. The lowest BCUT2D eigenvalue weighted by Crippen LogP contribution is -2.34. The second kappa shape index (κ2) is 7.98. The summed E-state index contributed by atoms with van der Waals surface area (Å²) < 4.78 is 12.5. The van der Waals surface area contributed by atoms with Gasteiger partial charge >= 0.3 is 0 Å². The summed E-state index contributed by atoms with van der Waals surface area (Å²) in [4.78, 5) is 0. The fraction of sp³-hybridized carbons (Fsp3) is 0.833. The molecule has 2 unspecified atom stereocenters. The highest BCUT2D eigenvalue weighted by molar-refractivity contribution is 5.04. The van der Waals surface area contributed by atoms with Gasteiger partial charge in [0, 0.05) is 12.6 Å². The molecule has 84 valence electrons. The Hall–Kier alpha value is -0.370. The minimum Gasteiger partial charge on any atom is -0.311 e. The van der Waals surface area contributed by atoms with Gasteiger partial charge in [-0.1, -0.05) is 25.5 Å². The minimum atomic E-state index is -0.725. The first-order valence-electron chi connectivity index (χ1n) is 5.71. The van der Waals surface area contributed by atoms with E-state index in [0.29, 0.717) is 12.6 Å². The maximum Gasteiger partial charge on any atom is 0.110 e. The van der Waals surface area contributed by atoms with Crippen LogP contribution in [0.4, 0.5) is 4.39 Å².